The van der Waals surface area contributed by atoms with Gasteiger partial charge in [-0.25, -0.2) is 4.79 Å². The summed E-state index contributed by atoms with van der Waals surface area (Å²) in [5, 5.41) is 3.23. The average Bonchev–Trinajstić information content (AvgIpc) is 2.47. The number of esters is 1. The number of hydrogen-bond acceptors (Lipinski definition) is 3. The van der Waals surface area contributed by atoms with Gasteiger partial charge in [-0.1, -0.05) is 53.0 Å². The third-order valence-electron chi connectivity index (χ3n) is 2.65. The number of rotatable bonds is 4. The van der Waals surface area contributed by atoms with Crippen LogP contribution in [0.4, 0.5) is 5.69 Å². The largest absolute Gasteiger partial charge is 0.452 e. The van der Waals surface area contributed by atoms with Crippen molar-refractivity contribution >= 4 is 52.4 Å². The van der Waals surface area contributed by atoms with Gasteiger partial charge >= 0.3 is 5.97 Å². The highest BCUT2D eigenvalue weighted by molar-refractivity contribution is 6.39. The Kier molecular flexibility index (Phi) is 5.66. The van der Waals surface area contributed by atoms with Gasteiger partial charge in [-0.15, -0.1) is 0 Å². The summed E-state index contributed by atoms with van der Waals surface area (Å²) >= 11 is 17.7. The summed E-state index contributed by atoms with van der Waals surface area (Å²) < 4.78 is 4.90. The molecule has 0 saturated carbocycles. The monoisotopic (exact) mass is 357 g/mol. The van der Waals surface area contributed by atoms with Crippen LogP contribution in [0.5, 0.6) is 0 Å². The van der Waals surface area contributed by atoms with Crippen LogP contribution in [0, 0.1) is 0 Å². The summed E-state index contributed by atoms with van der Waals surface area (Å²) in [4.78, 5) is 23.7. The minimum absolute atomic E-state index is 0.0244. The molecule has 22 heavy (non-hydrogen) atoms. The molecule has 0 radical (unpaired) electrons. The number of para-hydroxylation sites is 1. The molecule has 0 aliphatic rings. The van der Waals surface area contributed by atoms with Crippen molar-refractivity contribution in [1.29, 1.82) is 0 Å². The van der Waals surface area contributed by atoms with Crippen molar-refractivity contribution in [1.82, 2.24) is 0 Å². The van der Waals surface area contributed by atoms with E-state index in [1.807, 2.05) is 0 Å². The molecular weight excluding hydrogens is 349 g/mol. The molecule has 0 aromatic heterocycles. The van der Waals surface area contributed by atoms with Crippen LogP contribution < -0.4 is 5.32 Å². The van der Waals surface area contributed by atoms with Crippen molar-refractivity contribution in [3.8, 4) is 0 Å². The molecule has 0 fully saturated rings. The zero-order valence-electron chi connectivity index (χ0n) is 11.1. The lowest BCUT2D eigenvalue weighted by atomic mass is 10.2. The first kappa shape index (κ1) is 16.6. The van der Waals surface area contributed by atoms with Crippen molar-refractivity contribution in [2.45, 2.75) is 0 Å². The molecule has 0 unspecified atom stereocenters. The summed E-state index contributed by atoms with van der Waals surface area (Å²) in [6.07, 6.45) is 0. The fourth-order valence-electron chi connectivity index (χ4n) is 1.64. The minimum Gasteiger partial charge on any atom is -0.452 e. The molecule has 7 heteroatoms. The molecule has 1 amide bonds. The first-order valence-electron chi connectivity index (χ1n) is 6.14. The van der Waals surface area contributed by atoms with E-state index in [4.69, 9.17) is 39.5 Å². The van der Waals surface area contributed by atoms with Crippen LogP contribution in [0.2, 0.25) is 15.1 Å². The normalized spacial score (nSPS) is 10.1. The lowest BCUT2D eigenvalue weighted by Crippen LogP contribution is -2.21. The standard InChI is InChI=1S/C15H10Cl3NO3/c16-9-4-1-2-7-12(9)19-13(20)8-22-15(21)14-10(17)5-3-6-11(14)18/h1-7H,8H2,(H,19,20). The van der Waals surface area contributed by atoms with Gasteiger partial charge in [-0.2, -0.15) is 0 Å². The van der Waals surface area contributed by atoms with E-state index in [9.17, 15) is 9.59 Å². The van der Waals surface area contributed by atoms with Gasteiger partial charge in [0.1, 0.15) is 0 Å². The Labute approximate surface area is 141 Å². The molecule has 114 valence electrons. The fourth-order valence-corrected chi connectivity index (χ4v) is 2.38. The number of anilines is 1. The lowest BCUT2D eigenvalue weighted by Gasteiger charge is -2.09. The zero-order valence-corrected chi connectivity index (χ0v) is 13.4. The van der Waals surface area contributed by atoms with E-state index in [0.29, 0.717) is 10.7 Å². The number of nitrogens with one attached hydrogen (secondary N) is 1. The molecule has 0 aliphatic heterocycles. The van der Waals surface area contributed by atoms with Crippen LogP contribution in [0.25, 0.3) is 0 Å². The van der Waals surface area contributed by atoms with Gasteiger partial charge in [0.25, 0.3) is 5.91 Å². The summed E-state index contributed by atoms with van der Waals surface area (Å²) in [6.45, 7) is -0.481. The minimum atomic E-state index is -0.773. The predicted molar refractivity (Wildman–Crippen MR) is 86.8 cm³/mol. The topological polar surface area (TPSA) is 55.4 Å². The Bertz CT molecular complexity index is 699. The van der Waals surface area contributed by atoms with Crippen LogP contribution in [-0.2, 0) is 9.53 Å². The SMILES string of the molecule is O=C(COC(=O)c1c(Cl)cccc1Cl)Nc1ccccc1Cl. The van der Waals surface area contributed by atoms with Crippen LogP contribution in [0.3, 0.4) is 0 Å². The number of hydrogen-bond donors (Lipinski definition) is 1. The maximum absolute atomic E-state index is 11.9. The highest BCUT2D eigenvalue weighted by Crippen LogP contribution is 2.25. The van der Waals surface area contributed by atoms with Gasteiger partial charge < -0.3 is 10.1 Å². The zero-order chi connectivity index (χ0) is 16.1. The van der Waals surface area contributed by atoms with Crippen LogP contribution in [0.15, 0.2) is 42.5 Å². The van der Waals surface area contributed by atoms with Gasteiger partial charge in [-0.05, 0) is 24.3 Å². The molecule has 0 saturated heterocycles. The second-order valence-corrected chi connectivity index (χ2v) is 5.42. The van der Waals surface area contributed by atoms with E-state index < -0.39 is 18.5 Å². The van der Waals surface area contributed by atoms with E-state index in [0.717, 1.165) is 0 Å². The highest BCUT2D eigenvalue weighted by Gasteiger charge is 2.17. The third kappa shape index (κ3) is 4.13. The van der Waals surface area contributed by atoms with Crippen molar-refractivity contribution < 1.29 is 14.3 Å². The van der Waals surface area contributed by atoms with Gasteiger partial charge in [0.15, 0.2) is 6.61 Å². The Morgan fingerprint density at radius 1 is 0.909 bits per heavy atom. The van der Waals surface area contributed by atoms with Crippen molar-refractivity contribution in [3.63, 3.8) is 0 Å². The van der Waals surface area contributed by atoms with Gasteiger partial charge in [0.2, 0.25) is 0 Å². The first-order chi connectivity index (χ1) is 10.5. The number of amides is 1. The molecule has 1 N–H and O–H groups in total. The smallest absolute Gasteiger partial charge is 0.341 e. The molecule has 2 rings (SSSR count). The molecule has 2 aromatic carbocycles. The van der Waals surface area contributed by atoms with Crippen LogP contribution >= 0.6 is 34.8 Å². The quantitative estimate of drug-likeness (QED) is 0.822. The second kappa shape index (κ2) is 7.49. The maximum atomic E-state index is 11.9. The fraction of sp³-hybridized carbons (Fsp3) is 0.0667. The van der Waals surface area contributed by atoms with E-state index in [2.05, 4.69) is 5.32 Å². The number of benzene rings is 2. The Balaban J connectivity index is 1.97. The highest BCUT2D eigenvalue weighted by atomic mass is 35.5. The van der Waals surface area contributed by atoms with E-state index in [-0.39, 0.29) is 15.6 Å². The maximum Gasteiger partial charge on any atom is 0.341 e. The predicted octanol–water partition coefficient (Wildman–Crippen LogP) is 4.44. The molecule has 0 atom stereocenters. The Morgan fingerprint density at radius 2 is 1.50 bits per heavy atom. The summed E-state index contributed by atoms with van der Waals surface area (Å²) in [5.41, 5.74) is 0.456. The van der Waals surface area contributed by atoms with Gasteiger partial charge in [-0.3, -0.25) is 4.79 Å². The Hall–Kier alpha value is -1.75. The van der Waals surface area contributed by atoms with Crippen molar-refractivity contribution in [2.24, 2.45) is 0 Å². The van der Waals surface area contributed by atoms with Gasteiger partial charge in [0, 0.05) is 0 Å². The Morgan fingerprint density at radius 3 is 2.14 bits per heavy atom. The summed E-state index contributed by atoms with van der Waals surface area (Å²) in [7, 11) is 0. The average molecular weight is 359 g/mol. The number of carbonyl (C=O) groups is 2. The summed E-state index contributed by atoms with van der Waals surface area (Å²) in [6, 6.07) is 11.3. The van der Waals surface area contributed by atoms with Crippen molar-refractivity contribution in [2.75, 3.05) is 11.9 Å². The molecule has 0 bridgehead atoms. The van der Waals surface area contributed by atoms with E-state index in [1.165, 1.54) is 12.1 Å². The molecule has 0 heterocycles. The molecular formula is C15H10Cl3NO3. The lowest BCUT2D eigenvalue weighted by molar-refractivity contribution is -0.119. The van der Waals surface area contributed by atoms with Crippen LogP contribution in [0.1, 0.15) is 10.4 Å². The van der Waals surface area contributed by atoms with E-state index in [1.54, 1.807) is 30.3 Å². The molecule has 2 aromatic rings. The van der Waals surface area contributed by atoms with Gasteiger partial charge in [0.05, 0.1) is 26.3 Å². The number of carbonyl (C=O) groups excluding carboxylic acids is 2. The van der Waals surface area contributed by atoms with E-state index >= 15 is 0 Å². The number of halogens is 3. The second-order valence-electron chi connectivity index (χ2n) is 4.20. The number of ether oxygens (including phenoxy) is 1. The summed E-state index contributed by atoms with van der Waals surface area (Å²) in [5.74, 6) is -1.30. The van der Waals surface area contributed by atoms with Crippen LogP contribution in [-0.4, -0.2) is 18.5 Å². The first-order valence-corrected chi connectivity index (χ1v) is 7.28. The van der Waals surface area contributed by atoms with Crippen molar-refractivity contribution in [3.05, 3.63) is 63.1 Å². The molecule has 0 spiro atoms. The third-order valence-corrected chi connectivity index (χ3v) is 3.61. The molecule has 4 nitrogen and oxygen atoms in total. The molecule has 0 aliphatic carbocycles.